The standard InChI is InChI=1S/C18H27NO/c1-2-17(15-11-7-6-8-12-15)18(20)19-16-13-9-4-3-5-10-14-16/h6-8,11-12,16-17H,2-5,9-10,13-14H2,1H3,(H,19,20)/t17-/m1/s1. The van der Waals surface area contributed by atoms with Crippen molar-refractivity contribution in [2.45, 2.75) is 70.3 Å². The van der Waals surface area contributed by atoms with Crippen LogP contribution in [0.5, 0.6) is 0 Å². The van der Waals surface area contributed by atoms with E-state index >= 15 is 0 Å². The van der Waals surface area contributed by atoms with Crippen molar-refractivity contribution in [3.05, 3.63) is 35.9 Å². The van der Waals surface area contributed by atoms with Gasteiger partial charge in [-0.2, -0.15) is 0 Å². The van der Waals surface area contributed by atoms with Gasteiger partial charge in [-0.15, -0.1) is 0 Å². The molecule has 1 aliphatic carbocycles. The average Bonchev–Trinajstić information content (AvgIpc) is 2.44. The molecule has 0 bridgehead atoms. The number of hydrogen-bond donors (Lipinski definition) is 1. The summed E-state index contributed by atoms with van der Waals surface area (Å²) in [6.45, 7) is 2.09. The molecule has 2 nitrogen and oxygen atoms in total. The molecule has 1 aromatic carbocycles. The van der Waals surface area contributed by atoms with Crippen LogP contribution in [0.4, 0.5) is 0 Å². The molecule has 0 unspecified atom stereocenters. The SMILES string of the molecule is CC[C@@H](C(=O)NC1CCCCCCC1)c1ccccc1. The fourth-order valence-corrected chi connectivity index (χ4v) is 3.16. The average molecular weight is 273 g/mol. The highest BCUT2D eigenvalue weighted by Crippen LogP contribution is 2.22. The van der Waals surface area contributed by atoms with Crippen molar-refractivity contribution >= 4 is 5.91 Å². The Labute approximate surface area is 123 Å². The molecule has 0 heterocycles. The van der Waals surface area contributed by atoms with Crippen LogP contribution in [-0.2, 0) is 4.79 Å². The molecular weight excluding hydrogens is 246 g/mol. The van der Waals surface area contributed by atoms with Crippen molar-refractivity contribution in [1.82, 2.24) is 5.32 Å². The molecule has 2 rings (SSSR count). The number of nitrogens with one attached hydrogen (secondary N) is 1. The van der Waals surface area contributed by atoms with Crippen molar-refractivity contribution in [2.24, 2.45) is 0 Å². The van der Waals surface area contributed by atoms with Crippen LogP contribution < -0.4 is 5.32 Å². The zero-order valence-corrected chi connectivity index (χ0v) is 12.6. The second-order valence-corrected chi connectivity index (χ2v) is 5.92. The molecule has 20 heavy (non-hydrogen) atoms. The summed E-state index contributed by atoms with van der Waals surface area (Å²) in [6, 6.07) is 10.5. The number of amides is 1. The largest absolute Gasteiger partial charge is 0.353 e. The molecule has 110 valence electrons. The van der Waals surface area contributed by atoms with Crippen molar-refractivity contribution in [2.75, 3.05) is 0 Å². The molecule has 1 saturated carbocycles. The van der Waals surface area contributed by atoms with Gasteiger partial charge in [0.2, 0.25) is 5.91 Å². The molecule has 0 radical (unpaired) electrons. The van der Waals surface area contributed by atoms with E-state index in [1.807, 2.05) is 18.2 Å². The Morgan fingerprint density at radius 2 is 1.70 bits per heavy atom. The van der Waals surface area contributed by atoms with E-state index in [2.05, 4.69) is 24.4 Å². The van der Waals surface area contributed by atoms with Gasteiger partial charge in [0, 0.05) is 6.04 Å². The first-order valence-corrected chi connectivity index (χ1v) is 8.16. The summed E-state index contributed by atoms with van der Waals surface area (Å²) in [5.74, 6) is 0.214. The number of benzene rings is 1. The fourth-order valence-electron chi connectivity index (χ4n) is 3.16. The van der Waals surface area contributed by atoms with Crippen LogP contribution in [0.3, 0.4) is 0 Å². The molecule has 0 aromatic heterocycles. The minimum atomic E-state index is 0.00152. The molecule has 1 aliphatic rings. The van der Waals surface area contributed by atoms with Crippen LogP contribution in [0.25, 0.3) is 0 Å². The molecule has 1 aromatic rings. The van der Waals surface area contributed by atoms with E-state index in [4.69, 9.17) is 0 Å². The number of carbonyl (C=O) groups excluding carboxylic acids is 1. The summed E-state index contributed by atoms with van der Waals surface area (Å²) in [6.07, 6.45) is 9.68. The van der Waals surface area contributed by atoms with Gasteiger partial charge in [0.15, 0.2) is 0 Å². The highest BCUT2D eigenvalue weighted by atomic mass is 16.1. The Balaban J connectivity index is 1.94. The zero-order chi connectivity index (χ0) is 14.2. The minimum Gasteiger partial charge on any atom is -0.353 e. The Morgan fingerprint density at radius 1 is 1.10 bits per heavy atom. The van der Waals surface area contributed by atoms with E-state index in [-0.39, 0.29) is 11.8 Å². The lowest BCUT2D eigenvalue weighted by molar-refractivity contribution is -0.123. The zero-order valence-electron chi connectivity index (χ0n) is 12.6. The normalized spacial score (nSPS) is 18.9. The van der Waals surface area contributed by atoms with Gasteiger partial charge in [-0.25, -0.2) is 0 Å². The fraction of sp³-hybridized carbons (Fsp3) is 0.611. The molecular formula is C18H27NO. The molecule has 1 fully saturated rings. The van der Waals surface area contributed by atoms with Gasteiger partial charge in [-0.1, -0.05) is 69.4 Å². The maximum absolute atomic E-state index is 12.5. The van der Waals surface area contributed by atoms with Gasteiger partial charge in [-0.3, -0.25) is 4.79 Å². The highest BCUT2D eigenvalue weighted by Gasteiger charge is 2.21. The third-order valence-electron chi connectivity index (χ3n) is 4.38. The van der Waals surface area contributed by atoms with Crippen molar-refractivity contribution in [3.63, 3.8) is 0 Å². The molecule has 1 N–H and O–H groups in total. The first-order chi connectivity index (χ1) is 9.81. The van der Waals surface area contributed by atoms with Crippen LogP contribution in [-0.4, -0.2) is 11.9 Å². The van der Waals surface area contributed by atoms with Gasteiger partial charge >= 0.3 is 0 Å². The van der Waals surface area contributed by atoms with E-state index in [0.717, 1.165) is 24.8 Å². The molecule has 0 spiro atoms. The summed E-state index contributed by atoms with van der Waals surface area (Å²) in [5.41, 5.74) is 1.14. The summed E-state index contributed by atoms with van der Waals surface area (Å²) in [4.78, 5) is 12.5. The molecule has 0 saturated heterocycles. The summed E-state index contributed by atoms with van der Waals surface area (Å²) >= 11 is 0. The van der Waals surface area contributed by atoms with Gasteiger partial charge in [0.05, 0.1) is 5.92 Å². The third-order valence-corrected chi connectivity index (χ3v) is 4.38. The number of carbonyl (C=O) groups is 1. The van der Waals surface area contributed by atoms with Crippen LogP contribution in [0, 0.1) is 0 Å². The second kappa shape index (κ2) is 8.08. The van der Waals surface area contributed by atoms with Gasteiger partial charge in [-0.05, 0) is 24.8 Å². The van der Waals surface area contributed by atoms with E-state index in [9.17, 15) is 4.79 Å². The number of rotatable bonds is 4. The predicted octanol–water partition coefficient (Wildman–Crippen LogP) is 4.41. The first-order valence-electron chi connectivity index (χ1n) is 8.16. The highest BCUT2D eigenvalue weighted by molar-refractivity contribution is 5.83. The van der Waals surface area contributed by atoms with Crippen LogP contribution >= 0.6 is 0 Å². The minimum absolute atomic E-state index is 0.00152. The molecule has 2 heteroatoms. The lowest BCUT2D eigenvalue weighted by atomic mass is 9.93. The van der Waals surface area contributed by atoms with Crippen LogP contribution in [0.15, 0.2) is 30.3 Å². The maximum atomic E-state index is 12.5. The molecule has 1 atom stereocenters. The van der Waals surface area contributed by atoms with Gasteiger partial charge in [0.1, 0.15) is 0 Å². The Morgan fingerprint density at radius 3 is 2.30 bits per heavy atom. The lowest BCUT2D eigenvalue weighted by Crippen LogP contribution is -2.38. The molecule has 1 amide bonds. The van der Waals surface area contributed by atoms with Crippen molar-refractivity contribution in [3.8, 4) is 0 Å². The quantitative estimate of drug-likeness (QED) is 0.865. The van der Waals surface area contributed by atoms with Crippen molar-refractivity contribution in [1.29, 1.82) is 0 Å². The summed E-state index contributed by atoms with van der Waals surface area (Å²) in [7, 11) is 0. The summed E-state index contributed by atoms with van der Waals surface area (Å²) in [5, 5.41) is 3.30. The second-order valence-electron chi connectivity index (χ2n) is 5.92. The van der Waals surface area contributed by atoms with Crippen molar-refractivity contribution < 1.29 is 4.79 Å². The Bertz CT molecular complexity index is 393. The number of hydrogen-bond acceptors (Lipinski definition) is 1. The predicted molar refractivity (Wildman–Crippen MR) is 83.7 cm³/mol. The van der Waals surface area contributed by atoms with E-state index in [1.165, 1.54) is 32.1 Å². The Kier molecular flexibility index (Phi) is 6.10. The van der Waals surface area contributed by atoms with Gasteiger partial charge in [0.25, 0.3) is 0 Å². The monoisotopic (exact) mass is 273 g/mol. The third kappa shape index (κ3) is 4.36. The van der Waals surface area contributed by atoms with Crippen LogP contribution in [0.1, 0.15) is 69.8 Å². The summed E-state index contributed by atoms with van der Waals surface area (Å²) < 4.78 is 0. The van der Waals surface area contributed by atoms with E-state index in [0.29, 0.717) is 6.04 Å². The first kappa shape index (κ1) is 15.1. The lowest BCUT2D eigenvalue weighted by Gasteiger charge is -2.24. The molecule has 0 aliphatic heterocycles. The van der Waals surface area contributed by atoms with E-state index in [1.54, 1.807) is 0 Å². The van der Waals surface area contributed by atoms with Gasteiger partial charge < -0.3 is 5.32 Å². The smallest absolute Gasteiger partial charge is 0.227 e. The van der Waals surface area contributed by atoms with E-state index < -0.39 is 0 Å². The Hall–Kier alpha value is -1.31. The van der Waals surface area contributed by atoms with Crippen LogP contribution in [0.2, 0.25) is 0 Å². The maximum Gasteiger partial charge on any atom is 0.227 e. The topological polar surface area (TPSA) is 29.1 Å².